The molecule has 4 aromatic rings. The average molecular weight is 487 g/mol. The summed E-state index contributed by atoms with van der Waals surface area (Å²) in [7, 11) is 0. The van der Waals surface area contributed by atoms with Crippen LogP contribution in [0.3, 0.4) is 0 Å². The van der Waals surface area contributed by atoms with E-state index in [2.05, 4.69) is 15.4 Å². The van der Waals surface area contributed by atoms with Gasteiger partial charge >= 0.3 is 12.1 Å². The van der Waals surface area contributed by atoms with Crippen LogP contribution in [0.2, 0.25) is 0 Å². The molecule has 2 aromatic heterocycles. The van der Waals surface area contributed by atoms with Crippen molar-refractivity contribution in [3.63, 3.8) is 0 Å². The molecule has 0 spiro atoms. The Balaban J connectivity index is 1.26. The summed E-state index contributed by atoms with van der Waals surface area (Å²) in [4.78, 5) is 28.6. The van der Waals surface area contributed by atoms with Crippen LogP contribution in [0.15, 0.2) is 79.1 Å². The van der Waals surface area contributed by atoms with E-state index in [0.717, 1.165) is 18.4 Å². The lowest BCUT2D eigenvalue weighted by Crippen LogP contribution is -2.18. The van der Waals surface area contributed by atoms with Gasteiger partial charge in [0.05, 0.1) is 29.7 Å². The molecule has 1 saturated carbocycles. The molecule has 1 aliphatic carbocycles. The summed E-state index contributed by atoms with van der Waals surface area (Å²) in [6.45, 7) is 1.79. The van der Waals surface area contributed by atoms with Gasteiger partial charge in [0.15, 0.2) is 0 Å². The summed E-state index contributed by atoms with van der Waals surface area (Å²) in [5.41, 5.74) is 2.10. The van der Waals surface area contributed by atoms with E-state index in [9.17, 15) is 14.0 Å². The average Bonchev–Trinajstić information content (AvgIpc) is 3.64. The molecule has 2 aromatic carbocycles. The Morgan fingerprint density at radius 3 is 2.58 bits per heavy atom. The molecule has 5 rings (SSSR count). The molecule has 0 bridgehead atoms. The van der Waals surface area contributed by atoms with Crippen LogP contribution >= 0.6 is 0 Å². The summed E-state index contributed by atoms with van der Waals surface area (Å²) >= 11 is 0. The predicted octanol–water partition coefficient (Wildman–Crippen LogP) is 5.70. The monoisotopic (exact) mass is 486 g/mol. The van der Waals surface area contributed by atoms with E-state index in [4.69, 9.17) is 9.47 Å². The second-order valence-electron chi connectivity index (χ2n) is 8.45. The molecule has 182 valence electrons. The zero-order valence-electron chi connectivity index (χ0n) is 19.4. The number of esters is 1. The first kappa shape index (κ1) is 23.2. The van der Waals surface area contributed by atoms with Crippen molar-refractivity contribution in [3.05, 3.63) is 90.5 Å². The Morgan fingerprint density at radius 1 is 1.08 bits per heavy atom. The van der Waals surface area contributed by atoms with Gasteiger partial charge in [-0.15, -0.1) is 0 Å². The zero-order chi connectivity index (χ0) is 25.1. The molecule has 2 heterocycles. The van der Waals surface area contributed by atoms with Gasteiger partial charge in [-0.2, -0.15) is 5.10 Å². The van der Waals surface area contributed by atoms with E-state index in [1.54, 1.807) is 31.2 Å². The summed E-state index contributed by atoms with van der Waals surface area (Å²) in [6, 6.07) is 18.6. The fourth-order valence-electron chi connectivity index (χ4n) is 3.65. The SMILES string of the molecule is CC(OC(=O)Nc1ccnn1-c1ccc(-c2ccc(OC(=O)C3CC3)cc2F)nc1)c1ccccc1. The molecule has 0 radical (unpaired) electrons. The summed E-state index contributed by atoms with van der Waals surface area (Å²) in [6.07, 6.45) is 3.63. The number of rotatable bonds is 7. The molecule has 1 aliphatic rings. The maximum absolute atomic E-state index is 14.7. The lowest BCUT2D eigenvalue weighted by Gasteiger charge is -2.15. The molecule has 0 aliphatic heterocycles. The molecular weight excluding hydrogens is 463 g/mol. The van der Waals surface area contributed by atoms with Gasteiger partial charge in [0.2, 0.25) is 0 Å². The lowest BCUT2D eigenvalue weighted by molar-refractivity contribution is -0.135. The van der Waals surface area contributed by atoms with Crippen LogP contribution in [0.25, 0.3) is 16.9 Å². The Kier molecular flexibility index (Phi) is 6.44. The van der Waals surface area contributed by atoms with E-state index in [1.807, 2.05) is 30.3 Å². The number of carbonyl (C=O) groups excluding carboxylic acids is 2. The number of nitrogens with one attached hydrogen (secondary N) is 1. The number of hydrogen-bond donors (Lipinski definition) is 1. The molecule has 1 atom stereocenters. The largest absolute Gasteiger partial charge is 0.441 e. The van der Waals surface area contributed by atoms with Crippen molar-refractivity contribution >= 4 is 17.9 Å². The van der Waals surface area contributed by atoms with Gasteiger partial charge in [-0.3, -0.25) is 15.1 Å². The number of pyridine rings is 1. The zero-order valence-corrected chi connectivity index (χ0v) is 19.4. The predicted molar refractivity (Wildman–Crippen MR) is 130 cm³/mol. The number of nitrogens with zero attached hydrogens (tertiary/aromatic N) is 3. The number of anilines is 1. The first-order valence-corrected chi connectivity index (χ1v) is 11.5. The van der Waals surface area contributed by atoms with Crippen LogP contribution in [-0.4, -0.2) is 26.8 Å². The Labute approximate surface area is 206 Å². The number of ether oxygens (including phenoxy) is 2. The number of aromatic nitrogens is 3. The number of hydrogen-bond acceptors (Lipinski definition) is 6. The molecule has 1 N–H and O–H groups in total. The molecule has 1 unspecified atom stereocenters. The number of benzene rings is 2. The number of halogens is 1. The summed E-state index contributed by atoms with van der Waals surface area (Å²) in [5.74, 6) is -0.384. The standard InChI is InChI=1S/C27H23FN4O4/c1-17(18-5-3-2-4-6-18)35-27(34)31-25-13-14-30-32(25)20-9-12-24(29-16-20)22-11-10-21(15-23(22)28)36-26(33)19-7-8-19/h2-6,9-17,19H,7-8H2,1H3,(H,31,34). The third-order valence-electron chi connectivity index (χ3n) is 5.76. The third kappa shape index (κ3) is 5.25. The van der Waals surface area contributed by atoms with Gasteiger partial charge < -0.3 is 9.47 Å². The van der Waals surface area contributed by atoms with Crippen LogP contribution in [-0.2, 0) is 9.53 Å². The van der Waals surface area contributed by atoms with Crippen molar-refractivity contribution in [2.75, 3.05) is 5.32 Å². The fourth-order valence-corrected chi connectivity index (χ4v) is 3.65. The van der Waals surface area contributed by atoms with Crippen molar-refractivity contribution in [1.29, 1.82) is 0 Å². The molecule has 0 saturated heterocycles. The second kappa shape index (κ2) is 9.99. The number of amides is 1. The second-order valence-corrected chi connectivity index (χ2v) is 8.45. The molecular formula is C27H23FN4O4. The van der Waals surface area contributed by atoms with Crippen molar-refractivity contribution in [3.8, 4) is 22.7 Å². The maximum atomic E-state index is 14.7. The van der Waals surface area contributed by atoms with Crippen molar-refractivity contribution in [2.45, 2.75) is 25.9 Å². The van der Waals surface area contributed by atoms with Crippen LogP contribution in [0.4, 0.5) is 15.0 Å². The number of carbonyl (C=O) groups is 2. The highest BCUT2D eigenvalue weighted by atomic mass is 19.1. The first-order valence-electron chi connectivity index (χ1n) is 11.5. The van der Waals surface area contributed by atoms with Gasteiger partial charge in [-0.25, -0.2) is 13.9 Å². The van der Waals surface area contributed by atoms with Crippen molar-refractivity contribution in [2.24, 2.45) is 5.92 Å². The topological polar surface area (TPSA) is 95.3 Å². The van der Waals surface area contributed by atoms with Gasteiger partial charge in [-0.1, -0.05) is 30.3 Å². The highest BCUT2D eigenvalue weighted by Crippen LogP contribution is 2.32. The van der Waals surface area contributed by atoms with Crippen LogP contribution in [0.1, 0.15) is 31.4 Å². The quantitative estimate of drug-likeness (QED) is 0.266. The van der Waals surface area contributed by atoms with Gasteiger partial charge in [-0.05, 0) is 49.6 Å². The van der Waals surface area contributed by atoms with Crippen LogP contribution < -0.4 is 10.1 Å². The van der Waals surface area contributed by atoms with Gasteiger partial charge in [0.25, 0.3) is 0 Å². The first-order chi connectivity index (χ1) is 17.5. The van der Waals surface area contributed by atoms with Gasteiger partial charge in [0.1, 0.15) is 23.5 Å². The van der Waals surface area contributed by atoms with E-state index >= 15 is 0 Å². The minimum absolute atomic E-state index is 0.0715. The normalized spacial score (nSPS) is 13.6. The molecule has 9 heteroatoms. The van der Waals surface area contributed by atoms with E-state index in [-0.39, 0.29) is 23.2 Å². The van der Waals surface area contributed by atoms with Crippen LogP contribution in [0, 0.1) is 11.7 Å². The minimum Gasteiger partial charge on any atom is -0.441 e. The third-order valence-corrected chi connectivity index (χ3v) is 5.76. The lowest BCUT2D eigenvalue weighted by atomic mass is 10.1. The molecule has 36 heavy (non-hydrogen) atoms. The van der Waals surface area contributed by atoms with E-state index in [0.29, 0.717) is 17.2 Å². The molecule has 1 fully saturated rings. The highest BCUT2D eigenvalue weighted by Gasteiger charge is 2.31. The molecule has 1 amide bonds. The Bertz CT molecular complexity index is 1380. The smallest absolute Gasteiger partial charge is 0.413 e. The van der Waals surface area contributed by atoms with Crippen LogP contribution in [0.5, 0.6) is 5.75 Å². The van der Waals surface area contributed by atoms with E-state index in [1.165, 1.54) is 29.2 Å². The van der Waals surface area contributed by atoms with Crippen molar-refractivity contribution < 1.29 is 23.5 Å². The van der Waals surface area contributed by atoms with Crippen molar-refractivity contribution in [1.82, 2.24) is 14.8 Å². The van der Waals surface area contributed by atoms with E-state index < -0.39 is 18.0 Å². The summed E-state index contributed by atoms with van der Waals surface area (Å²) in [5, 5.41) is 6.93. The summed E-state index contributed by atoms with van der Waals surface area (Å²) < 4.78 is 26.9. The Morgan fingerprint density at radius 2 is 1.89 bits per heavy atom. The highest BCUT2D eigenvalue weighted by molar-refractivity contribution is 5.84. The Hall–Kier alpha value is -4.53. The fraction of sp³-hybridized carbons (Fsp3) is 0.185. The molecule has 8 nitrogen and oxygen atoms in total. The minimum atomic E-state index is -0.623. The maximum Gasteiger partial charge on any atom is 0.413 e. The van der Waals surface area contributed by atoms with Gasteiger partial charge in [0, 0.05) is 17.7 Å².